The fourth-order valence-electron chi connectivity index (χ4n) is 4.31. The molecule has 3 rings (SSSR count). The summed E-state index contributed by atoms with van der Waals surface area (Å²) in [6, 6.07) is 7.20. The smallest absolute Gasteiger partial charge is 0.356 e. The number of rotatable bonds is 20. The molecule has 0 fully saturated rings. The number of aromatic nitrogens is 4. The van der Waals surface area contributed by atoms with Crippen LogP contribution in [0.4, 0.5) is 5.82 Å². The second kappa shape index (κ2) is 18.1. The number of ether oxygens (including phenoxy) is 3. The lowest BCUT2D eigenvalue weighted by Crippen LogP contribution is -2.37. The SMILES string of the molecule is CC(C)Cc1ccc(C(C)C(=O)OCCCOP(=O)(COCCn2cnc3c(N)ncnc32)OCCOC(=O)[C@H](N)C(C)C)cc1. The van der Waals surface area contributed by atoms with E-state index in [-0.39, 0.29) is 63.5 Å². The molecule has 46 heavy (non-hydrogen) atoms. The number of hydrogen-bond donors (Lipinski definition) is 2. The number of anilines is 1. The number of carbonyl (C=O) groups is 2. The van der Waals surface area contributed by atoms with Crippen LogP contribution in [0.2, 0.25) is 0 Å². The standard InChI is InChI=1S/C31H47N6O8P/c1-21(2)17-24-7-9-25(10-8-24)23(5)30(38)42-12-6-13-44-46(40,45-16-15-43-31(39)26(32)22(3)4)20-41-14-11-37-19-36-27-28(33)34-18-35-29(27)37/h7-10,18-19,21-23,26H,6,11-17,20,32H2,1-5H3,(H2,33,34,35)/t23?,26-,46?/m1/s1. The molecule has 1 aromatic carbocycles. The van der Waals surface area contributed by atoms with Crippen LogP contribution in [0.3, 0.4) is 0 Å². The maximum atomic E-state index is 13.5. The Kier molecular flexibility index (Phi) is 14.5. The first-order valence-electron chi connectivity index (χ1n) is 15.4. The molecule has 2 heterocycles. The van der Waals surface area contributed by atoms with Gasteiger partial charge in [-0.05, 0) is 36.3 Å². The molecule has 0 radical (unpaired) electrons. The first-order chi connectivity index (χ1) is 21.9. The average Bonchev–Trinajstić information content (AvgIpc) is 3.44. The Labute approximate surface area is 270 Å². The highest BCUT2D eigenvalue weighted by Gasteiger charge is 2.26. The minimum absolute atomic E-state index is 0.0213. The van der Waals surface area contributed by atoms with Crippen molar-refractivity contribution in [2.45, 2.75) is 66.0 Å². The van der Waals surface area contributed by atoms with E-state index in [0.29, 0.717) is 23.6 Å². The minimum atomic E-state index is -3.79. The van der Waals surface area contributed by atoms with E-state index in [0.717, 1.165) is 12.0 Å². The van der Waals surface area contributed by atoms with Crippen LogP contribution in [-0.2, 0) is 50.4 Å². The number of nitrogens with zero attached hydrogens (tertiary/aromatic N) is 4. The summed E-state index contributed by atoms with van der Waals surface area (Å²) < 4.78 is 42.6. The van der Waals surface area contributed by atoms with Gasteiger partial charge in [0.05, 0.1) is 38.7 Å². The van der Waals surface area contributed by atoms with Crippen LogP contribution in [0.5, 0.6) is 0 Å². The van der Waals surface area contributed by atoms with Gasteiger partial charge in [0.25, 0.3) is 0 Å². The molecule has 0 bridgehead atoms. The van der Waals surface area contributed by atoms with Gasteiger partial charge in [-0.15, -0.1) is 0 Å². The van der Waals surface area contributed by atoms with Gasteiger partial charge in [0.15, 0.2) is 11.5 Å². The molecule has 15 heteroatoms. The quantitative estimate of drug-likeness (QED) is 0.1000. The highest BCUT2D eigenvalue weighted by Crippen LogP contribution is 2.48. The number of carbonyl (C=O) groups excluding carboxylic acids is 2. The molecule has 254 valence electrons. The lowest BCUT2D eigenvalue weighted by molar-refractivity contribution is -0.147. The molecule has 0 spiro atoms. The van der Waals surface area contributed by atoms with Crippen molar-refractivity contribution in [2.75, 3.05) is 45.1 Å². The molecular formula is C31H47N6O8P. The van der Waals surface area contributed by atoms with E-state index in [1.54, 1.807) is 31.7 Å². The normalized spacial score (nSPS) is 14.3. The van der Waals surface area contributed by atoms with Crippen molar-refractivity contribution in [3.05, 3.63) is 48.0 Å². The van der Waals surface area contributed by atoms with Gasteiger partial charge in [-0.1, -0.05) is 52.0 Å². The van der Waals surface area contributed by atoms with Crippen molar-refractivity contribution >= 4 is 36.5 Å². The number of imidazole rings is 1. The highest BCUT2D eigenvalue weighted by atomic mass is 31.2. The fraction of sp³-hybridized carbons (Fsp3) is 0.581. The van der Waals surface area contributed by atoms with Crippen molar-refractivity contribution in [3.8, 4) is 0 Å². The number of benzene rings is 1. The van der Waals surface area contributed by atoms with Crippen LogP contribution in [0.25, 0.3) is 11.2 Å². The molecule has 0 saturated carbocycles. The third kappa shape index (κ3) is 11.4. The van der Waals surface area contributed by atoms with Gasteiger partial charge in [0.2, 0.25) is 0 Å². The molecule has 14 nitrogen and oxygen atoms in total. The molecule has 0 aliphatic rings. The Hall–Kier alpha value is -3.42. The van der Waals surface area contributed by atoms with E-state index in [9.17, 15) is 14.2 Å². The summed E-state index contributed by atoms with van der Waals surface area (Å²) in [5.74, 6) is -0.655. The summed E-state index contributed by atoms with van der Waals surface area (Å²) in [6.45, 7) is 9.90. The van der Waals surface area contributed by atoms with Crippen LogP contribution >= 0.6 is 7.60 Å². The van der Waals surface area contributed by atoms with Crippen molar-refractivity contribution in [1.29, 1.82) is 0 Å². The Morgan fingerprint density at radius 3 is 2.28 bits per heavy atom. The molecular weight excluding hydrogens is 615 g/mol. The lowest BCUT2D eigenvalue weighted by Gasteiger charge is -2.20. The molecule has 0 aliphatic carbocycles. The van der Waals surface area contributed by atoms with Gasteiger partial charge in [-0.25, -0.2) is 15.0 Å². The summed E-state index contributed by atoms with van der Waals surface area (Å²) >= 11 is 0. The van der Waals surface area contributed by atoms with Crippen molar-refractivity contribution < 1.29 is 37.4 Å². The van der Waals surface area contributed by atoms with Crippen molar-refractivity contribution in [3.63, 3.8) is 0 Å². The van der Waals surface area contributed by atoms with Crippen LogP contribution in [-0.4, -0.2) is 76.9 Å². The largest absolute Gasteiger partial charge is 0.465 e. The summed E-state index contributed by atoms with van der Waals surface area (Å²) in [4.78, 5) is 37.0. The van der Waals surface area contributed by atoms with Crippen LogP contribution in [0.1, 0.15) is 58.1 Å². The minimum Gasteiger partial charge on any atom is -0.465 e. The van der Waals surface area contributed by atoms with Crippen LogP contribution in [0, 0.1) is 11.8 Å². The van der Waals surface area contributed by atoms with Crippen molar-refractivity contribution in [2.24, 2.45) is 17.6 Å². The molecule has 3 aromatic rings. The summed E-state index contributed by atoms with van der Waals surface area (Å²) in [5, 5.41) is 0. The number of nitrogens with two attached hydrogens (primary N) is 2. The number of fused-ring (bicyclic) bond motifs is 1. The van der Waals surface area contributed by atoms with E-state index < -0.39 is 25.5 Å². The summed E-state index contributed by atoms with van der Waals surface area (Å²) in [7, 11) is -3.79. The summed E-state index contributed by atoms with van der Waals surface area (Å²) in [5.41, 5.74) is 14.8. The second-order valence-electron chi connectivity index (χ2n) is 11.7. The third-order valence-corrected chi connectivity index (χ3v) is 8.71. The fourth-order valence-corrected chi connectivity index (χ4v) is 5.65. The van der Waals surface area contributed by atoms with E-state index in [2.05, 4.69) is 28.8 Å². The van der Waals surface area contributed by atoms with Gasteiger partial charge >= 0.3 is 19.5 Å². The zero-order valence-electron chi connectivity index (χ0n) is 27.3. The van der Waals surface area contributed by atoms with Gasteiger partial charge in [-0.2, -0.15) is 0 Å². The molecule has 3 atom stereocenters. The monoisotopic (exact) mass is 662 g/mol. The number of nitrogen functional groups attached to an aromatic ring is 1. The second-order valence-corrected chi connectivity index (χ2v) is 13.7. The van der Waals surface area contributed by atoms with Gasteiger partial charge in [0.1, 0.15) is 30.8 Å². The van der Waals surface area contributed by atoms with Crippen LogP contribution < -0.4 is 11.5 Å². The van der Waals surface area contributed by atoms with E-state index in [1.165, 1.54) is 11.9 Å². The Morgan fingerprint density at radius 2 is 1.59 bits per heavy atom. The molecule has 2 unspecified atom stereocenters. The van der Waals surface area contributed by atoms with Gasteiger partial charge < -0.3 is 39.3 Å². The molecule has 0 amide bonds. The van der Waals surface area contributed by atoms with Gasteiger partial charge in [-0.3, -0.25) is 14.2 Å². The average molecular weight is 663 g/mol. The first kappa shape index (κ1) is 37.0. The van der Waals surface area contributed by atoms with Gasteiger partial charge in [0, 0.05) is 13.0 Å². The molecule has 0 aliphatic heterocycles. The maximum absolute atomic E-state index is 13.5. The van der Waals surface area contributed by atoms with E-state index >= 15 is 0 Å². The zero-order valence-corrected chi connectivity index (χ0v) is 28.2. The zero-order chi connectivity index (χ0) is 33.7. The highest BCUT2D eigenvalue weighted by molar-refractivity contribution is 7.53. The lowest BCUT2D eigenvalue weighted by atomic mass is 9.97. The molecule has 0 saturated heterocycles. The van der Waals surface area contributed by atoms with E-state index in [4.69, 9.17) is 34.7 Å². The predicted molar refractivity (Wildman–Crippen MR) is 173 cm³/mol. The predicted octanol–water partition coefficient (Wildman–Crippen LogP) is 4.07. The Bertz CT molecular complexity index is 1450. The number of esters is 2. The third-order valence-electron chi connectivity index (χ3n) is 7.06. The van der Waals surface area contributed by atoms with Crippen LogP contribution in [0.15, 0.2) is 36.9 Å². The topological polar surface area (TPSA) is 193 Å². The molecule has 4 N–H and O–H groups in total. The van der Waals surface area contributed by atoms with E-state index in [1.807, 2.05) is 24.3 Å². The summed E-state index contributed by atoms with van der Waals surface area (Å²) in [6.07, 6.45) is 3.80. The Morgan fingerprint density at radius 1 is 0.891 bits per heavy atom. The molecule has 2 aromatic heterocycles. The number of hydrogen-bond acceptors (Lipinski definition) is 13. The Balaban J connectivity index is 1.47. The maximum Gasteiger partial charge on any atom is 0.356 e. The van der Waals surface area contributed by atoms with Crippen molar-refractivity contribution in [1.82, 2.24) is 19.5 Å². The first-order valence-corrected chi connectivity index (χ1v) is 17.2.